The zero-order valence-electron chi connectivity index (χ0n) is 15.6. The Kier molecular flexibility index (Phi) is 6.66. The summed E-state index contributed by atoms with van der Waals surface area (Å²) in [6, 6.07) is 12.7. The van der Waals surface area contributed by atoms with Gasteiger partial charge in [-0.1, -0.05) is 42.5 Å². The van der Waals surface area contributed by atoms with Gasteiger partial charge in [0.05, 0.1) is 24.3 Å². The quantitative estimate of drug-likeness (QED) is 0.572. The molecule has 0 fully saturated rings. The molecule has 8 heteroatoms. The number of thiazole rings is 1. The smallest absolute Gasteiger partial charge is 0.384 e. The fraction of sp³-hybridized carbons (Fsp3) is 0.238. The van der Waals surface area contributed by atoms with E-state index in [1.54, 1.807) is 7.11 Å². The Hall–Kier alpha value is -2.71. The molecule has 0 bridgehead atoms. The molecular weight excluding hydrogens is 401 g/mol. The molecule has 0 saturated carbocycles. The Balaban J connectivity index is 1.62. The van der Waals surface area contributed by atoms with Gasteiger partial charge in [0.25, 0.3) is 0 Å². The van der Waals surface area contributed by atoms with E-state index in [4.69, 9.17) is 4.74 Å². The summed E-state index contributed by atoms with van der Waals surface area (Å²) in [5.41, 5.74) is 2.32. The normalized spacial score (nSPS) is 11.4. The fourth-order valence-electron chi connectivity index (χ4n) is 2.73. The molecule has 1 aromatic heterocycles. The maximum Gasteiger partial charge on any atom is 0.416 e. The lowest BCUT2D eigenvalue weighted by molar-refractivity contribution is -0.137. The van der Waals surface area contributed by atoms with Gasteiger partial charge in [-0.05, 0) is 23.6 Å². The topological polar surface area (TPSA) is 51.2 Å². The number of aromatic nitrogens is 1. The Morgan fingerprint density at radius 2 is 1.90 bits per heavy atom. The van der Waals surface area contributed by atoms with E-state index in [2.05, 4.69) is 10.3 Å². The molecule has 3 rings (SSSR count). The molecule has 0 aliphatic rings. The Morgan fingerprint density at radius 1 is 1.14 bits per heavy atom. The average Bonchev–Trinajstić information content (AvgIpc) is 3.14. The second-order valence-corrected chi connectivity index (χ2v) is 7.26. The number of halogens is 3. The van der Waals surface area contributed by atoms with Crippen LogP contribution < -0.4 is 5.32 Å². The molecule has 2 aromatic carbocycles. The number of hydrogen-bond donors (Lipinski definition) is 1. The van der Waals surface area contributed by atoms with Crippen molar-refractivity contribution in [2.24, 2.45) is 0 Å². The molecule has 1 amide bonds. The predicted octanol–water partition coefficient (Wildman–Crippen LogP) is 5.20. The van der Waals surface area contributed by atoms with Crippen molar-refractivity contribution in [3.63, 3.8) is 0 Å². The second-order valence-electron chi connectivity index (χ2n) is 6.40. The first-order chi connectivity index (χ1) is 13.8. The molecule has 1 heterocycles. The molecular formula is C21H19F3N2O2S. The Morgan fingerprint density at radius 3 is 2.59 bits per heavy atom. The Labute approximate surface area is 170 Å². The number of hydrogen-bond acceptors (Lipinski definition) is 4. The zero-order valence-corrected chi connectivity index (χ0v) is 16.4. The van der Waals surface area contributed by atoms with Gasteiger partial charge < -0.3 is 10.1 Å². The van der Waals surface area contributed by atoms with Gasteiger partial charge in [-0.15, -0.1) is 11.3 Å². The van der Waals surface area contributed by atoms with Gasteiger partial charge in [0.2, 0.25) is 5.91 Å². The van der Waals surface area contributed by atoms with Crippen molar-refractivity contribution in [2.45, 2.75) is 19.0 Å². The van der Waals surface area contributed by atoms with Crippen LogP contribution in [0.15, 0.2) is 53.9 Å². The van der Waals surface area contributed by atoms with Crippen LogP contribution in [-0.4, -0.2) is 24.6 Å². The molecule has 152 valence electrons. The predicted molar refractivity (Wildman–Crippen MR) is 107 cm³/mol. The van der Waals surface area contributed by atoms with Gasteiger partial charge >= 0.3 is 6.18 Å². The fourth-order valence-corrected chi connectivity index (χ4v) is 3.47. The van der Waals surface area contributed by atoms with Crippen molar-refractivity contribution in [3.05, 3.63) is 70.6 Å². The number of rotatable bonds is 7. The van der Waals surface area contributed by atoms with E-state index in [1.807, 2.05) is 29.6 Å². The van der Waals surface area contributed by atoms with E-state index in [1.165, 1.54) is 23.5 Å². The molecule has 1 N–H and O–H groups in total. The molecule has 29 heavy (non-hydrogen) atoms. The minimum absolute atomic E-state index is 0.160. The van der Waals surface area contributed by atoms with Gasteiger partial charge in [-0.2, -0.15) is 13.2 Å². The number of nitrogens with one attached hydrogen (secondary N) is 1. The van der Waals surface area contributed by atoms with Gasteiger partial charge in [0, 0.05) is 18.1 Å². The molecule has 0 atom stereocenters. The van der Waals surface area contributed by atoms with Crippen LogP contribution in [0, 0.1) is 0 Å². The standard InChI is InChI=1S/C21H19F3N2O2S/c1-28-10-9-14-5-7-16(8-6-14)18-13-29-20(25-18)26-19(27)12-15-3-2-4-17(11-15)21(22,23)24/h2-8,11,13H,9-10,12H2,1H3,(H,25,26,27). The van der Waals surface area contributed by atoms with Crippen LogP contribution >= 0.6 is 11.3 Å². The van der Waals surface area contributed by atoms with E-state index in [0.717, 1.165) is 35.4 Å². The molecule has 3 aromatic rings. The maximum absolute atomic E-state index is 12.8. The number of methoxy groups -OCH3 is 1. The molecule has 0 saturated heterocycles. The van der Waals surface area contributed by atoms with Crippen molar-refractivity contribution in [1.29, 1.82) is 0 Å². The first-order valence-corrected chi connectivity index (χ1v) is 9.73. The van der Waals surface area contributed by atoms with Crippen molar-refractivity contribution >= 4 is 22.4 Å². The highest BCUT2D eigenvalue weighted by Gasteiger charge is 2.30. The van der Waals surface area contributed by atoms with E-state index in [9.17, 15) is 18.0 Å². The minimum Gasteiger partial charge on any atom is -0.384 e. The number of amides is 1. The van der Waals surface area contributed by atoms with Crippen molar-refractivity contribution in [1.82, 2.24) is 4.98 Å². The van der Waals surface area contributed by atoms with Gasteiger partial charge in [-0.3, -0.25) is 4.79 Å². The zero-order chi connectivity index (χ0) is 20.9. The summed E-state index contributed by atoms with van der Waals surface area (Å²) in [5.74, 6) is -0.417. The molecule has 0 unspecified atom stereocenters. The van der Waals surface area contributed by atoms with Crippen molar-refractivity contribution in [2.75, 3.05) is 19.0 Å². The summed E-state index contributed by atoms with van der Waals surface area (Å²) < 4.78 is 43.4. The van der Waals surface area contributed by atoms with Crippen LogP contribution in [0.2, 0.25) is 0 Å². The summed E-state index contributed by atoms with van der Waals surface area (Å²) in [5, 5.41) is 4.88. The minimum atomic E-state index is -4.43. The number of alkyl halides is 3. The van der Waals surface area contributed by atoms with E-state index < -0.39 is 17.6 Å². The highest BCUT2D eigenvalue weighted by Crippen LogP contribution is 2.30. The second kappa shape index (κ2) is 9.19. The summed E-state index contributed by atoms with van der Waals surface area (Å²) in [4.78, 5) is 16.6. The van der Waals surface area contributed by atoms with Crippen LogP contribution in [0.4, 0.5) is 18.3 Å². The van der Waals surface area contributed by atoms with Crippen LogP contribution in [0.3, 0.4) is 0 Å². The number of carbonyl (C=O) groups excluding carboxylic acids is 1. The third-order valence-electron chi connectivity index (χ3n) is 4.21. The van der Waals surface area contributed by atoms with Crippen molar-refractivity contribution in [3.8, 4) is 11.3 Å². The summed E-state index contributed by atoms with van der Waals surface area (Å²) in [6.07, 6.45) is -3.77. The lowest BCUT2D eigenvalue weighted by Gasteiger charge is -2.08. The number of ether oxygens (including phenoxy) is 1. The van der Waals surface area contributed by atoms with E-state index in [0.29, 0.717) is 17.3 Å². The molecule has 0 spiro atoms. The number of nitrogens with zero attached hydrogens (tertiary/aromatic N) is 1. The van der Waals surface area contributed by atoms with E-state index in [-0.39, 0.29) is 6.42 Å². The van der Waals surface area contributed by atoms with Crippen LogP contribution in [0.1, 0.15) is 16.7 Å². The monoisotopic (exact) mass is 420 g/mol. The summed E-state index contributed by atoms with van der Waals surface area (Å²) in [6.45, 7) is 0.651. The third kappa shape index (κ3) is 5.88. The van der Waals surface area contributed by atoms with Crippen molar-refractivity contribution < 1.29 is 22.7 Å². The summed E-state index contributed by atoms with van der Waals surface area (Å²) in [7, 11) is 1.66. The largest absolute Gasteiger partial charge is 0.416 e. The average molecular weight is 420 g/mol. The molecule has 0 aliphatic carbocycles. The molecule has 0 radical (unpaired) electrons. The number of anilines is 1. The Bertz CT molecular complexity index is 969. The van der Waals surface area contributed by atoms with Gasteiger partial charge in [-0.25, -0.2) is 4.98 Å². The number of benzene rings is 2. The highest BCUT2D eigenvalue weighted by atomic mass is 32.1. The number of carbonyl (C=O) groups is 1. The van der Waals surface area contributed by atoms with Crippen LogP contribution in [0.25, 0.3) is 11.3 Å². The van der Waals surface area contributed by atoms with Crippen LogP contribution in [0.5, 0.6) is 0 Å². The summed E-state index contributed by atoms with van der Waals surface area (Å²) >= 11 is 1.27. The van der Waals surface area contributed by atoms with Gasteiger partial charge in [0.15, 0.2) is 5.13 Å². The molecule has 0 aliphatic heterocycles. The highest BCUT2D eigenvalue weighted by molar-refractivity contribution is 7.14. The maximum atomic E-state index is 12.8. The SMILES string of the molecule is COCCc1ccc(-c2csc(NC(=O)Cc3cccc(C(F)(F)F)c3)n2)cc1. The lowest BCUT2D eigenvalue weighted by atomic mass is 10.1. The van der Waals surface area contributed by atoms with Gasteiger partial charge in [0.1, 0.15) is 0 Å². The first kappa shape index (κ1) is 21.0. The molecule has 4 nitrogen and oxygen atoms in total. The third-order valence-corrected chi connectivity index (χ3v) is 4.97. The lowest BCUT2D eigenvalue weighted by Crippen LogP contribution is -2.15. The van der Waals surface area contributed by atoms with E-state index >= 15 is 0 Å². The first-order valence-electron chi connectivity index (χ1n) is 8.85. The van der Waals surface area contributed by atoms with Crippen LogP contribution in [-0.2, 0) is 28.5 Å².